The highest BCUT2D eigenvalue weighted by molar-refractivity contribution is 5.88. The molecule has 0 unspecified atom stereocenters. The maximum atomic E-state index is 11.9. The molecule has 0 aliphatic heterocycles. The zero-order chi connectivity index (χ0) is 13.0. The Morgan fingerprint density at radius 3 is 2.94 bits per heavy atom. The molecule has 18 heavy (non-hydrogen) atoms. The molecule has 0 atom stereocenters. The zero-order valence-corrected chi connectivity index (χ0v) is 10.6. The van der Waals surface area contributed by atoms with Gasteiger partial charge in [-0.3, -0.25) is 5.32 Å². The van der Waals surface area contributed by atoms with Crippen LogP contribution in [0.15, 0.2) is 12.3 Å². The third kappa shape index (κ3) is 2.64. The van der Waals surface area contributed by atoms with Gasteiger partial charge < -0.3 is 10.4 Å². The first-order valence-electron chi connectivity index (χ1n) is 6.41. The number of hydrogen-bond donors (Lipinski definition) is 3. The van der Waals surface area contributed by atoms with Crippen molar-refractivity contribution in [3.8, 4) is 0 Å². The number of carbonyl (C=O) groups is 1. The molecule has 1 aromatic heterocycles. The Hall–Kier alpha value is -1.56. The van der Waals surface area contributed by atoms with Gasteiger partial charge in [0, 0.05) is 12.6 Å². The number of amides is 2. The Labute approximate surface area is 106 Å². The Balaban J connectivity index is 1.92. The molecule has 1 aromatic rings. The summed E-state index contributed by atoms with van der Waals surface area (Å²) in [6.45, 7) is 2.82. The van der Waals surface area contributed by atoms with E-state index in [9.17, 15) is 9.90 Å². The van der Waals surface area contributed by atoms with Gasteiger partial charge in [-0.1, -0.05) is 6.92 Å². The lowest BCUT2D eigenvalue weighted by Crippen LogP contribution is -2.57. The van der Waals surface area contributed by atoms with E-state index in [-0.39, 0.29) is 12.6 Å². The number of hydrogen-bond acceptors (Lipinski definition) is 3. The van der Waals surface area contributed by atoms with Crippen LogP contribution in [-0.2, 0) is 6.54 Å². The summed E-state index contributed by atoms with van der Waals surface area (Å²) in [5.41, 5.74) is -0.417. The molecule has 1 aliphatic carbocycles. The minimum atomic E-state index is -0.417. The summed E-state index contributed by atoms with van der Waals surface area (Å²) < 4.78 is 1.76. The highest BCUT2D eigenvalue weighted by atomic mass is 16.3. The van der Waals surface area contributed by atoms with Gasteiger partial charge >= 0.3 is 6.03 Å². The molecule has 1 saturated carbocycles. The number of aryl methyl sites for hydroxylation is 1. The van der Waals surface area contributed by atoms with E-state index in [4.69, 9.17) is 0 Å². The third-order valence-corrected chi connectivity index (χ3v) is 3.39. The summed E-state index contributed by atoms with van der Waals surface area (Å²) in [6.07, 6.45) is 5.35. The van der Waals surface area contributed by atoms with Gasteiger partial charge in [-0.15, -0.1) is 0 Å². The van der Waals surface area contributed by atoms with E-state index < -0.39 is 5.54 Å². The third-order valence-electron chi connectivity index (χ3n) is 3.39. The molecule has 1 fully saturated rings. The summed E-state index contributed by atoms with van der Waals surface area (Å²) in [5, 5.41) is 19.0. The molecule has 0 aromatic carbocycles. The van der Waals surface area contributed by atoms with Crippen LogP contribution in [0, 0.1) is 0 Å². The average molecular weight is 252 g/mol. The van der Waals surface area contributed by atoms with Crippen LogP contribution in [0.3, 0.4) is 0 Å². The van der Waals surface area contributed by atoms with Gasteiger partial charge in [-0.25, -0.2) is 9.48 Å². The number of carbonyl (C=O) groups excluding carboxylic acids is 1. The number of nitrogens with one attached hydrogen (secondary N) is 2. The van der Waals surface area contributed by atoms with E-state index in [1.807, 2.05) is 0 Å². The largest absolute Gasteiger partial charge is 0.394 e. The summed E-state index contributed by atoms with van der Waals surface area (Å²) in [7, 11) is 0. The smallest absolute Gasteiger partial charge is 0.320 e. The van der Waals surface area contributed by atoms with Crippen molar-refractivity contribution < 1.29 is 9.90 Å². The normalized spacial score (nSPS) is 17.0. The molecule has 0 radical (unpaired) electrons. The van der Waals surface area contributed by atoms with Crippen LogP contribution in [0.2, 0.25) is 0 Å². The zero-order valence-electron chi connectivity index (χ0n) is 10.6. The molecule has 0 bridgehead atoms. The number of urea groups is 1. The van der Waals surface area contributed by atoms with Crippen LogP contribution in [0.5, 0.6) is 0 Å². The minimum Gasteiger partial charge on any atom is -0.394 e. The predicted octanol–water partition coefficient (Wildman–Crippen LogP) is 1.33. The molecule has 0 saturated heterocycles. The summed E-state index contributed by atoms with van der Waals surface area (Å²) in [6, 6.07) is 1.49. The van der Waals surface area contributed by atoms with Crippen molar-refractivity contribution in [3.63, 3.8) is 0 Å². The van der Waals surface area contributed by atoms with Gasteiger partial charge in [0.1, 0.15) is 5.82 Å². The molecule has 2 amide bonds. The molecule has 100 valence electrons. The van der Waals surface area contributed by atoms with Crippen LogP contribution in [0.4, 0.5) is 10.6 Å². The molecule has 0 spiro atoms. The number of aliphatic hydroxyl groups excluding tert-OH is 1. The van der Waals surface area contributed by atoms with Crippen molar-refractivity contribution in [2.24, 2.45) is 0 Å². The van der Waals surface area contributed by atoms with Gasteiger partial charge in [-0.05, 0) is 25.7 Å². The fourth-order valence-electron chi connectivity index (χ4n) is 2.14. The molecule has 6 nitrogen and oxygen atoms in total. The van der Waals surface area contributed by atoms with E-state index in [0.29, 0.717) is 5.82 Å². The van der Waals surface area contributed by atoms with E-state index in [1.165, 1.54) is 0 Å². The van der Waals surface area contributed by atoms with Crippen LogP contribution in [0.1, 0.15) is 32.6 Å². The molecule has 2 rings (SSSR count). The second kappa shape index (κ2) is 5.39. The number of nitrogens with zero attached hydrogens (tertiary/aromatic N) is 2. The van der Waals surface area contributed by atoms with Gasteiger partial charge in [-0.2, -0.15) is 5.10 Å². The Morgan fingerprint density at radius 2 is 2.39 bits per heavy atom. The fraction of sp³-hybridized carbons (Fsp3) is 0.667. The highest BCUT2D eigenvalue weighted by Crippen LogP contribution is 2.31. The first kappa shape index (κ1) is 12.9. The van der Waals surface area contributed by atoms with Crippen LogP contribution in [-0.4, -0.2) is 33.1 Å². The van der Waals surface area contributed by atoms with Gasteiger partial charge in [0.2, 0.25) is 0 Å². The first-order chi connectivity index (χ1) is 8.69. The molecular weight excluding hydrogens is 232 g/mol. The van der Waals surface area contributed by atoms with Crippen molar-refractivity contribution in [2.75, 3.05) is 11.9 Å². The van der Waals surface area contributed by atoms with Crippen molar-refractivity contribution in [3.05, 3.63) is 12.3 Å². The van der Waals surface area contributed by atoms with E-state index in [0.717, 1.165) is 32.2 Å². The standard InChI is InChI=1S/C12H20N4O2/c1-2-8-16-10(4-7-13-16)14-11(18)15-12(9-17)5-3-6-12/h4,7,17H,2-3,5-6,8-9H2,1H3,(H2,14,15,18). The van der Waals surface area contributed by atoms with Crippen molar-refractivity contribution in [1.82, 2.24) is 15.1 Å². The van der Waals surface area contributed by atoms with E-state index >= 15 is 0 Å². The Kier molecular flexibility index (Phi) is 3.86. The predicted molar refractivity (Wildman–Crippen MR) is 68.3 cm³/mol. The molecular formula is C12H20N4O2. The quantitative estimate of drug-likeness (QED) is 0.739. The molecule has 3 N–H and O–H groups in total. The molecule has 1 aliphatic rings. The van der Waals surface area contributed by atoms with Crippen molar-refractivity contribution in [1.29, 1.82) is 0 Å². The van der Waals surface area contributed by atoms with Gasteiger partial charge in [0.25, 0.3) is 0 Å². The van der Waals surface area contributed by atoms with E-state index in [2.05, 4.69) is 22.7 Å². The second-order valence-electron chi connectivity index (χ2n) is 4.81. The Bertz CT molecular complexity index is 406. The lowest BCUT2D eigenvalue weighted by molar-refractivity contribution is 0.0983. The van der Waals surface area contributed by atoms with Crippen LogP contribution >= 0.6 is 0 Å². The highest BCUT2D eigenvalue weighted by Gasteiger charge is 2.37. The lowest BCUT2D eigenvalue weighted by Gasteiger charge is -2.40. The lowest BCUT2D eigenvalue weighted by atomic mass is 9.77. The SMILES string of the molecule is CCCn1nccc1NC(=O)NC1(CO)CCC1. The topological polar surface area (TPSA) is 79.2 Å². The Morgan fingerprint density at radius 1 is 1.61 bits per heavy atom. The summed E-state index contributed by atoms with van der Waals surface area (Å²) >= 11 is 0. The fourth-order valence-corrected chi connectivity index (χ4v) is 2.14. The average Bonchev–Trinajstić information content (AvgIpc) is 2.72. The molecule has 1 heterocycles. The number of rotatable bonds is 5. The van der Waals surface area contributed by atoms with Crippen molar-refractivity contribution in [2.45, 2.75) is 44.7 Å². The first-order valence-corrected chi connectivity index (χ1v) is 6.41. The summed E-state index contributed by atoms with van der Waals surface area (Å²) in [4.78, 5) is 11.9. The van der Waals surface area contributed by atoms with Crippen molar-refractivity contribution >= 4 is 11.8 Å². The summed E-state index contributed by atoms with van der Waals surface area (Å²) in [5.74, 6) is 0.682. The number of aliphatic hydroxyl groups is 1. The maximum absolute atomic E-state index is 11.9. The maximum Gasteiger partial charge on any atom is 0.320 e. The van der Waals surface area contributed by atoms with Gasteiger partial charge in [0.15, 0.2) is 0 Å². The monoisotopic (exact) mass is 252 g/mol. The van der Waals surface area contributed by atoms with E-state index in [1.54, 1.807) is 16.9 Å². The number of anilines is 1. The van der Waals surface area contributed by atoms with Crippen LogP contribution < -0.4 is 10.6 Å². The number of aromatic nitrogens is 2. The van der Waals surface area contributed by atoms with Crippen LogP contribution in [0.25, 0.3) is 0 Å². The molecule has 6 heteroatoms. The van der Waals surface area contributed by atoms with Gasteiger partial charge in [0.05, 0.1) is 18.3 Å². The minimum absolute atomic E-state index is 0.00532. The second-order valence-corrected chi connectivity index (χ2v) is 4.81.